The van der Waals surface area contributed by atoms with E-state index in [4.69, 9.17) is 9.15 Å². The number of urea groups is 1. The van der Waals surface area contributed by atoms with E-state index in [1.165, 1.54) is 6.92 Å². The van der Waals surface area contributed by atoms with E-state index in [9.17, 15) is 19.6 Å². The molecule has 2 aromatic heterocycles. The van der Waals surface area contributed by atoms with Gasteiger partial charge >= 0.3 is 12.0 Å². The van der Waals surface area contributed by atoms with Crippen LogP contribution in [0.2, 0.25) is 0 Å². The summed E-state index contributed by atoms with van der Waals surface area (Å²) in [5.74, 6) is -1.06. The summed E-state index contributed by atoms with van der Waals surface area (Å²) < 4.78 is 12.0. The highest BCUT2D eigenvalue weighted by atomic mass is 16.5. The molecule has 2 rings (SSSR count). The number of carbonyl (C=O) groups excluding carboxylic acids is 3. The first-order valence-electron chi connectivity index (χ1n) is 8.25. The molecule has 0 bridgehead atoms. The number of carbonyl (C=O) groups is 3. The van der Waals surface area contributed by atoms with Crippen LogP contribution in [0.15, 0.2) is 28.9 Å². The Labute approximate surface area is 155 Å². The predicted molar refractivity (Wildman–Crippen MR) is 94.1 cm³/mol. The van der Waals surface area contributed by atoms with Gasteiger partial charge in [0.2, 0.25) is 5.88 Å². The van der Waals surface area contributed by atoms with Crippen LogP contribution in [0.3, 0.4) is 0 Å². The smallest absolute Gasteiger partial charge is 0.343 e. The van der Waals surface area contributed by atoms with E-state index < -0.39 is 24.5 Å². The lowest BCUT2D eigenvalue weighted by atomic mass is 10.1. The van der Waals surface area contributed by atoms with Crippen molar-refractivity contribution >= 4 is 17.9 Å². The number of hydrogen-bond acceptors (Lipinski definition) is 6. The zero-order chi connectivity index (χ0) is 20.0. The molecule has 9 nitrogen and oxygen atoms in total. The Balaban J connectivity index is 2.01. The van der Waals surface area contributed by atoms with E-state index in [2.05, 4.69) is 10.6 Å². The first-order chi connectivity index (χ1) is 12.8. The van der Waals surface area contributed by atoms with Gasteiger partial charge in [-0.1, -0.05) is 13.8 Å². The number of hydrogen-bond donors (Lipinski definition) is 2. The average Bonchev–Trinajstić information content (AvgIpc) is 3.25. The maximum absolute atomic E-state index is 12.3. The minimum atomic E-state index is -0.885. The third kappa shape index (κ3) is 4.98. The SMILES string of the molecule is Cc1oc(-n2cccc2)c(C#N)c1C(=O)OCC(=O)NC(=O)NCC(C)C. The Kier molecular flexibility index (Phi) is 6.38. The maximum atomic E-state index is 12.3. The van der Waals surface area contributed by atoms with E-state index in [1.54, 1.807) is 29.1 Å². The standard InChI is InChI=1S/C18H20N4O5/c1-11(2)9-20-18(25)21-14(23)10-26-17(24)15-12(3)27-16(13(15)8-19)22-6-4-5-7-22/h4-7,11H,9-10H2,1-3H3,(H2,20,21,23,25). The number of esters is 1. The number of amides is 3. The Morgan fingerprint density at radius 1 is 1.30 bits per heavy atom. The van der Waals surface area contributed by atoms with Gasteiger partial charge in [-0.15, -0.1) is 0 Å². The van der Waals surface area contributed by atoms with Gasteiger partial charge in [0.15, 0.2) is 6.61 Å². The molecule has 0 aromatic carbocycles. The Bertz CT molecular complexity index is 874. The van der Waals surface area contributed by atoms with Crippen LogP contribution < -0.4 is 10.6 Å². The second-order valence-corrected chi connectivity index (χ2v) is 6.14. The summed E-state index contributed by atoms with van der Waals surface area (Å²) >= 11 is 0. The molecule has 142 valence electrons. The summed E-state index contributed by atoms with van der Waals surface area (Å²) in [4.78, 5) is 35.6. The largest absolute Gasteiger partial charge is 0.452 e. The Morgan fingerprint density at radius 3 is 2.56 bits per heavy atom. The summed E-state index contributed by atoms with van der Waals surface area (Å²) in [6.45, 7) is 5.07. The zero-order valence-corrected chi connectivity index (χ0v) is 15.2. The highest BCUT2D eigenvalue weighted by molar-refractivity contribution is 5.98. The first kappa shape index (κ1) is 19.8. The molecule has 0 radical (unpaired) electrons. The second-order valence-electron chi connectivity index (χ2n) is 6.14. The summed E-state index contributed by atoms with van der Waals surface area (Å²) in [6, 6.07) is 4.74. The molecule has 0 saturated carbocycles. The third-order valence-electron chi connectivity index (χ3n) is 3.48. The van der Waals surface area contributed by atoms with Crippen molar-refractivity contribution in [3.05, 3.63) is 41.4 Å². The normalized spacial score (nSPS) is 10.3. The highest BCUT2D eigenvalue weighted by Crippen LogP contribution is 2.26. The fraction of sp³-hybridized carbons (Fsp3) is 0.333. The average molecular weight is 372 g/mol. The predicted octanol–water partition coefficient (Wildman–Crippen LogP) is 1.89. The number of aryl methyl sites for hydroxylation is 1. The lowest BCUT2D eigenvalue weighted by Gasteiger charge is -2.08. The topological polar surface area (TPSA) is 126 Å². The molecular weight excluding hydrogens is 352 g/mol. The maximum Gasteiger partial charge on any atom is 0.343 e. The molecule has 0 aliphatic heterocycles. The number of nitriles is 1. The summed E-state index contributed by atoms with van der Waals surface area (Å²) in [5.41, 5.74) is -0.0537. The lowest BCUT2D eigenvalue weighted by molar-refractivity contribution is -0.123. The molecule has 3 amide bonds. The molecule has 0 spiro atoms. The second kappa shape index (κ2) is 8.71. The van der Waals surface area contributed by atoms with Gasteiger partial charge in [-0.3, -0.25) is 14.7 Å². The monoisotopic (exact) mass is 372 g/mol. The number of nitrogens with one attached hydrogen (secondary N) is 2. The van der Waals surface area contributed by atoms with Crippen molar-refractivity contribution in [3.8, 4) is 12.0 Å². The lowest BCUT2D eigenvalue weighted by Crippen LogP contribution is -2.42. The van der Waals surface area contributed by atoms with Crippen molar-refractivity contribution in [2.24, 2.45) is 5.92 Å². The fourth-order valence-corrected chi connectivity index (χ4v) is 2.24. The number of imide groups is 1. The molecule has 0 unspecified atom stereocenters. The summed E-state index contributed by atoms with van der Waals surface area (Å²) in [6.07, 6.45) is 3.33. The van der Waals surface area contributed by atoms with Gasteiger partial charge < -0.3 is 14.5 Å². The highest BCUT2D eigenvalue weighted by Gasteiger charge is 2.26. The van der Waals surface area contributed by atoms with Gasteiger partial charge in [0, 0.05) is 18.9 Å². The quantitative estimate of drug-likeness (QED) is 0.746. The van der Waals surface area contributed by atoms with Gasteiger partial charge in [-0.25, -0.2) is 9.59 Å². The number of furan rings is 1. The Morgan fingerprint density at radius 2 is 1.96 bits per heavy atom. The van der Waals surface area contributed by atoms with Crippen LogP contribution in [-0.2, 0) is 9.53 Å². The number of aromatic nitrogens is 1. The molecule has 27 heavy (non-hydrogen) atoms. The van der Waals surface area contributed by atoms with Crippen LogP contribution in [-0.4, -0.2) is 35.6 Å². The van der Waals surface area contributed by atoms with Crippen molar-refractivity contribution < 1.29 is 23.5 Å². The molecule has 0 aliphatic rings. The molecule has 0 fully saturated rings. The fourth-order valence-electron chi connectivity index (χ4n) is 2.24. The van der Waals surface area contributed by atoms with E-state index >= 15 is 0 Å². The van der Waals surface area contributed by atoms with Gasteiger partial charge in [0.25, 0.3) is 5.91 Å². The molecule has 2 aromatic rings. The van der Waals surface area contributed by atoms with Crippen LogP contribution >= 0.6 is 0 Å². The van der Waals surface area contributed by atoms with Crippen LogP contribution in [0.5, 0.6) is 0 Å². The van der Waals surface area contributed by atoms with E-state index in [1.807, 2.05) is 19.9 Å². The van der Waals surface area contributed by atoms with Crippen molar-refractivity contribution in [1.82, 2.24) is 15.2 Å². The minimum absolute atomic E-state index is 0.00350. The van der Waals surface area contributed by atoms with E-state index in [-0.39, 0.29) is 28.7 Å². The van der Waals surface area contributed by atoms with Crippen LogP contribution in [0.25, 0.3) is 5.88 Å². The summed E-state index contributed by atoms with van der Waals surface area (Å²) in [5, 5.41) is 14.0. The molecular formula is C18H20N4O5. The van der Waals surface area contributed by atoms with Gasteiger partial charge in [0.05, 0.1) is 0 Å². The molecule has 9 heteroatoms. The van der Waals surface area contributed by atoms with E-state index in [0.29, 0.717) is 6.54 Å². The van der Waals surface area contributed by atoms with Crippen molar-refractivity contribution in [2.75, 3.05) is 13.2 Å². The van der Waals surface area contributed by atoms with Crippen LogP contribution in [0.1, 0.15) is 35.5 Å². The third-order valence-corrected chi connectivity index (χ3v) is 3.48. The van der Waals surface area contributed by atoms with Crippen molar-refractivity contribution in [3.63, 3.8) is 0 Å². The minimum Gasteiger partial charge on any atom is -0.452 e. The first-order valence-corrected chi connectivity index (χ1v) is 8.25. The molecule has 0 atom stereocenters. The van der Waals surface area contributed by atoms with Crippen LogP contribution in [0.4, 0.5) is 4.79 Å². The number of ether oxygens (including phenoxy) is 1. The molecule has 2 N–H and O–H groups in total. The van der Waals surface area contributed by atoms with Crippen LogP contribution in [0, 0.1) is 24.2 Å². The van der Waals surface area contributed by atoms with Gasteiger partial charge in [-0.2, -0.15) is 5.26 Å². The molecule has 0 saturated heterocycles. The van der Waals surface area contributed by atoms with Gasteiger partial charge in [-0.05, 0) is 25.0 Å². The summed E-state index contributed by atoms with van der Waals surface area (Å²) in [7, 11) is 0. The Hall–Kier alpha value is -3.54. The molecule has 2 heterocycles. The van der Waals surface area contributed by atoms with Crippen molar-refractivity contribution in [1.29, 1.82) is 5.26 Å². The van der Waals surface area contributed by atoms with E-state index in [0.717, 1.165) is 0 Å². The van der Waals surface area contributed by atoms with Gasteiger partial charge in [0.1, 0.15) is 23.0 Å². The van der Waals surface area contributed by atoms with Crippen molar-refractivity contribution in [2.45, 2.75) is 20.8 Å². The molecule has 0 aliphatic carbocycles. The number of nitrogens with zero attached hydrogens (tertiary/aromatic N) is 2. The number of rotatable bonds is 6. The zero-order valence-electron chi connectivity index (χ0n) is 15.2.